The van der Waals surface area contributed by atoms with E-state index < -0.39 is 5.97 Å². The third kappa shape index (κ3) is 7.16. The summed E-state index contributed by atoms with van der Waals surface area (Å²) in [5.74, 6) is -0.974. The summed E-state index contributed by atoms with van der Waals surface area (Å²) in [7, 11) is 0. The number of hydrogen-bond donors (Lipinski definition) is 4. The van der Waals surface area contributed by atoms with Crippen molar-refractivity contribution in [1.82, 2.24) is 19.9 Å². The van der Waals surface area contributed by atoms with Crippen LogP contribution >= 0.6 is 37.2 Å². The average molecular weight is 783 g/mol. The van der Waals surface area contributed by atoms with Gasteiger partial charge < -0.3 is 20.8 Å². The van der Waals surface area contributed by atoms with Gasteiger partial charge in [0.05, 0.1) is 28.3 Å². The lowest BCUT2D eigenvalue weighted by molar-refractivity contribution is 0.0697. The first-order valence-electron chi connectivity index (χ1n) is 17.0. The molecule has 0 unspecified atom stereocenters. The van der Waals surface area contributed by atoms with Crippen LogP contribution in [0.2, 0.25) is 0 Å². The van der Waals surface area contributed by atoms with E-state index >= 15 is 0 Å². The summed E-state index contributed by atoms with van der Waals surface area (Å²) in [4.78, 5) is 29.8. The van der Waals surface area contributed by atoms with E-state index in [2.05, 4.69) is 70.7 Å². The number of aromatic nitrogens is 4. The van der Waals surface area contributed by atoms with Gasteiger partial charge in [0.15, 0.2) is 0 Å². The second kappa shape index (κ2) is 15.9. The van der Waals surface area contributed by atoms with Gasteiger partial charge in [0.25, 0.3) is 0 Å². The molecule has 5 heterocycles. The van der Waals surface area contributed by atoms with Crippen molar-refractivity contribution < 1.29 is 9.90 Å². The van der Waals surface area contributed by atoms with Gasteiger partial charge in [-0.25, -0.2) is 14.8 Å². The standard InChI is InChI=1S/C45H31N5O2.3ClH/c46-32-17-15-30(16-18-32)44-39-25-21-35(49-39)41(27-7-3-1-4-8-27)33-19-23-37(47-33)43(29-11-13-31(14-12-29)45(51)52)38-24-20-34(48-38)42(28-9-5-2-6-10-28)36-22-26-40(44)50-36;;;/h1-26,47,50H,46H2,(H,51,52);3*1H. The lowest BCUT2D eigenvalue weighted by Crippen LogP contribution is -1.95. The molecule has 0 radical (unpaired) electrons. The summed E-state index contributed by atoms with van der Waals surface area (Å²) >= 11 is 0. The van der Waals surface area contributed by atoms with Gasteiger partial charge >= 0.3 is 5.97 Å². The number of fused-ring (bicyclic) bond motifs is 8. The van der Waals surface area contributed by atoms with Gasteiger partial charge in [0, 0.05) is 50.0 Å². The molecule has 2 aliphatic heterocycles. The second-order valence-electron chi connectivity index (χ2n) is 12.7. The van der Waals surface area contributed by atoms with Gasteiger partial charge in [-0.1, -0.05) is 84.9 Å². The van der Waals surface area contributed by atoms with Crippen molar-refractivity contribution in [3.63, 3.8) is 0 Å². The van der Waals surface area contributed by atoms with Crippen molar-refractivity contribution in [2.24, 2.45) is 0 Å². The zero-order valence-electron chi connectivity index (χ0n) is 29.1. The number of nitrogen functional groups attached to an aromatic ring is 1. The number of halogens is 3. The topological polar surface area (TPSA) is 121 Å². The maximum atomic E-state index is 11.8. The van der Waals surface area contributed by atoms with E-state index in [-0.39, 0.29) is 42.8 Å². The van der Waals surface area contributed by atoms with Crippen molar-refractivity contribution in [1.29, 1.82) is 0 Å². The highest BCUT2D eigenvalue weighted by molar-refractivity contribution is 6.00. The average Bonchev–Trinajstić information content (AvgIpc) is 4.01. The lowest BCUT2D eigenvalue weighted by Gasteiger charge is -2.07. The van der Waals surface area contributed by atoms with Crippen LogP contribution in [0.1, 0.15) is 33.1 Å². The van der Waals surface area contributed by atoms with Crippen LogP contribution in [0.25, 0.3) is 90.9 Å². The molecule has 0 fully saturated rings. The van der Waals surface area contributed by atoms with Crippen LogP contribution in [0.4, 0.5) is 5.69 Å². The molecule has 5 N–H and O–H groups in total. The maximum absolute atomic E-state index is 11.8. The van der Waals surface area contributed by atoms with Gasteiger partial charge in [-0.2, -0.15) is 0 Å². The Balaban J connectivity index is 0.00000171. The number of H-pyrrole nitrogens is 2. The lowest BCUT2D eigenvalue weighted by atomic mass is 10.0. The maximum Gasteiger partial charge on any atom is 0.335 e. The van der Waals surface area contributed by atoms with Crippen LogP contribution in [0.15, 0.2) is 133 Å². The molecule has 10 heteroatoms. The molecule has 9 rings (SSSR count). The molecule has 55 heavy (non-hydrogen) atoms. The van der Waals surface area contributed by atoms with Crippen LogP contribution in [0, 0.1) is 0 Å². The summed E-state index contributed by atoms with van der Waals surface area (Å²) in [6, 6.07) is 43.6. The number of carboxylic acid groups (broad SMARTS) is 1. The monoisotopic (exact) mass is 781 g/mol. The van der Waals surface area contributed by atoms with Crippen molar-refractivity contribution in [2.45, 2.75) is 0 Å². The quantitative estimate of drug-likeness (QED) is 0.130. The highest BCUT2D eigenvalue weighted by Crippen LogP contribution is 2.38. The normalized spacial score (nSPS) is 11.3. The smallest absolute Gasteiger partial charge is 0.335 e. The summed E-state index contributed by atoms with van der Waals surface area (Å²) in [6.45, 7) is 0. The molecule has 0 saturated heterocycles. The molecule has 7 aromatic rings. The summed E-state index contributed by atoms with van der Waals surface area (Å²) in [6.07, 6.45) is 8.21. The van der Waals surface area contributed by atoms with Crippen molar-refractivity contribution >= 4 is 95.2 Å². The first kappa shape index (κ1) is 38.3. The molecule has 2 aliphatic rings. The minimum absolute atomic E-state index is 0. The van der Waals surface area contributed by atoms with Crippen LogP contribution in [0.5, 0.6) is 0 Å². The Morgan fingerprint density at radius 1 is 0.436 bits per heavy atom. The number of carbonyl (C=O) groups is 1. The molecule has 0 saturated carbocycles. The van der Waals surface area contributed by atoms with E-state index in [1.54, 1.807) is 12.1 Å². The molecule has 272 valence electrons. The molecule has 8 bridgehead atoms. The van der Waals surface area contributed by atoms with Crippen LogP contribution in [-0.4, -0.2) is 31.0 Å². The Morgan fingerprint density at radius 2 is 0.745 bits per heavy atom. The number of nitrogens with one attached hydrogen (secondary N) is 2. The highest BCUT2D eigenvalue weighted by atomic mass is 35.5. The van der Waals surface area contributed by atoms with Crippen molar-refractivity contribution in [3.05, 3.63) is 162 Å². The fourth-order valence-electron chi connectivity index (χ4n) is 7.06. The van der Waals surface area contributed by atoms with E-state index in [1.165, 1.54) is 0 Å². The Hall–Kier alpha value is -6.38. The van der Waals surface area contributed by atoms with Gasteiger partial charge in [-0.15, -0.1) is 37.2 Å². The SMILES string of the molecule is Cl.Cl.Cl.Nc1ccc(-c2c3nc(c(-c4ccccc4)c4ccc([nH]4)c(-c4ccc(C(=O)O)cc4)c4nc(c(-c5ccccc5)c5ccc2[nH]5)C=C4)C=C3)cc1. The van der Waals surface area contributed by atoms with Gasteiger partial charge in [-0.05, 0) is 95.1 Å². The molecule has 4 aromatic carbocycles. The number of nitrogens with zero attached hydrogens (tertiary/aromatic N) is 2. The molecular formula is C45H34Cl3N5O2. The molecule has 3 aromatic heterocycles. The summed E-state index contributed by atoms with van der Waals surface area (Å²) in [5, 5.41) is 9.64. The molecule has 0 amide bonds. The zero-order chi connectivity index (χ0) is 35.2. The molecule has 0 atom stereocenters. The van der Waals surface area contributed by atoms with Gasteiger partial charge in [0.2, 0.25) is 0 Å². The molecule has 0 spiro atoms. The number of nitrogens with two attached hydrogens (primary N) is 1. The first-order valence-corrected chi connectivity index (χ1v) is 17.0. The van der Waals surface area contributed by atoms with E-state index in [0.29, 0.717) is 5.69 Å². The fourth-order valence-corrected chi connectivity index (χ4v) is 7.06. The van der Waals surface area contributed by atoms with Crippen molar-refractivity contribution in [2.75, 3.05) is 5.73 Å². The molecule has 7 nitrogen and oxygen atoms in total. The number of aromatic carboxylic acids is 1. The van der Waals surface area contributed by atoms with Crippen LogP contribution in [-0.2, 0) is 0 Å². The number of hydrogen-bond acceptors (Lipinski definition) is 4. The fraction of sp³-hybridized carbons (Fsp3) is 0. The number of anilines is 1. The number of aromatic amines is 2. The largest absolute Gasteiger partial charge is 0.478 e. The summed E-state index contributed by atoms with van der Waals surface area (Å²) < 4.78 is 0. The third-order valence-electron chi connectivity index (χ3n) is 9.50. The Labute approximate surface area is 335 Å². The number of benzene rings is 4. The van der Waals surface area contributed by atoms with Crippen LogP contribution < -0.4 is 5.73 Å². The molecular weight excluding hydrogens is 749 g/mol. The zero-order valence-corrected chi connectivity index (χ0v) is 31.5. The van der Waals surface area contributed by atoms with Gasteiger partial charge in [-0.3, -0.25) is 0 Å². The Bertz CT molecular complexity index is 2720. The van der Waals surface area contributed by atoms with E-state index in [1.807, 2.05) is 84.9 Å². The minimum Gasteiger partial charge on any atom is -0.478 e. The van der Waals surface area contributed by atoms with Gasteiger partial charge in [0.1, 0.15) is 0 Å². The predicted molar refractivity (Wildman–Crippen MR) is 234 cm³/mol. The van der Waals surface area contributed by atoms with E-state index in [0.717, 1.165) is 89.4 Å². The minimum atomic E-state index is -0.974. The first-order chi connectivity index (χ1) is 25.5. The van der Waals surface area contributed by atoms with E-state index in [9.17, 15) is 9.90 Å². The van der Waals surface area contributed by atoms with Crippen molar-refractivity contribution in [3.8, 4) is 44.5 Å². The number of rotatable bonds is 5. The number of carboxylic acids is 1. The Morgan fingerprint density at radius 3 is 1.07 bits per heavy atom. The molecule has 0 aliphatic carbocycles. The van der Waals surface area contributed by atoms with E-state index in [4.69, 9.17) is 15.7 Å². The third-order valence-corrected chi connectivity index (χ3v) is 9.50. The predicted octanol–water partition coefficient (Wildman–Crippen LogP) is 11.9. The summed E-state index contributed by atoms with van der Waals surface area (Å²) in [5.41, 5.74) is 21.3. The highest BCUT2D eigenvalue weighted by Gasteiger charge is 2.19. The Kier molecular flexibility index (Phi) is 11.1. The second-order valence-corrected chi connectivity index (χ2v) is 12.7. The van der Waals surface area contributed by atoms with Crippen LogP contribution in [0.3, 0.4) is 0 Å².